The molecule has 3 aromatic rings. The fraction of sp³-hybridized carbons (Fsp3) is 0.118. The Hall–Kier alpha value is -2.87. The van der Waals surface area contributed by atoms with E-state index in [1.807, 2.05) is 5.32 Å². The Morgan fingerprint density at radius 3 is 2.73 bits per heavy atom. The molecule has 0 aliphatic rings. The van der Waals surface area contributed by atoms with Crippen LogP contribution in [0.3, 0.4) is 0 Å². The van der Waals surface area contributed by atoms with E-state index < -0.39 is 23.2 Å². The summed E-state index contributed by atoms with van der Waals surface area (Å²) in [5.74, 6) is -5.91. The molecule has 0 saturated heterocycles. The number of hydrogen-bond donors (Lipinski definition) is 1. The minimum absolute atomic E-state index is 0.0315. The summed E-state index contributed by atoms with van der Waals surface area (Å²) in [5, 5.41) is 6.32. The van der Waals surface area contributed by atoms with Crippen molar-refractivity contribution in [3.8, 4) is 5.82 Å². The number of pyridine rings is 1. The molecule has 3 rings (SSSR count). The molecule has 1 amide bonds. The molecule has 0 saturated carbocycles. The minimum Gasteiger partial charge on any atom is -0.304 e. The first kappa shape index (κ1) is 17.9. The van der Waals surface area contributed by atoms with Crippen LogP contribution in [0.4, 0.5) is 19.0 Å². The molecule has 26 heavy (non-hydrogen) atoms. The van der Waals surface area contributed by atoms with Crippen molar-refractivity contribution >= 4 is 23.3 Å². The molecular formula is C17H12ClF3N4O. The number of aryl methyl sites for hydroxylation is 1. The summed E-state index contributed by atoms with van der Waals surface area (Å²) in [6.07, 6.45) is 2.91. The van der Waals surface area contributed by atoms with E-state index in [2.05, 4.69) is 10.1 Å². The summed E-state index contributed by atoms with van der Waals surface area (Å²) in [6.45, 7) is 1.30. The molecule has 134 valence electrons. The first-order valence-corrected chi connectivity index (χ1v) is 7.79. The summed E-state index contributed by atoms with van der Waals surface area (Å²) >= 11 is 6.00. The van der Waals surface area contributed by atoms with Gasteiger partial charge in [0, 0.05) is 24.0 Å². The Labute approximate surface area is 151 Å². The predicted octanol–water partition coefficient (Wildman–Crippen LogP) is 4.10. The molecular weight excluding hydrogens is 369 g/mol. The number of anilines is 1. The van der Waals surface area contributed by atoms with E-state index in [0.29, 0.717) is 5.02 Å². The molecule has 9 heteroatoms. The lowest BCUT2D eigenvalue weighted by atomic mass is 10.0. The number of hydrogen-bond acceptors (Lipinski definition) is 3. The van der Waals surface area contributed by atoms with Gasteiger partial charge in [0.25, 0.3) is 0 Å². The van der Waals surface area contributed by atoms with E-state index in [1.54, 1.807) is 12.1 Å². The number of nitrogens with one attached hydrogen (secondary N) is 1. The zero-order valence-electron chi connectivity index (χ0n) is 13.4. The van der Waals surface area contributed by atoms with E-state index in [1.165, 1.54) is 30.1 Å². The number of rotatable bonds is 4. The van der Waals surface area contributed by atoms with Crippen LogP contribution in [0.5, 0.6) is 0 Å². The zero-order chi connectivity index (χ0) is 18.9. The monoisotopic (exact) mass is 380 g/mol. The van der Waals surface area contributed by atoms with E-state index in [4.69, 9.17) is 11.6 Å². The number of amides is 1. The third-order valence-electron chi connectivity index (χ3n) is 3.60. The lowest BCUT2D eigenvalue weighted by molar-refractivity contribution is -0.141. The van der Waals surface area contributed by atoms with Crippen molar-refractivity contribution in [1.29, 1.82) is 0 Å². The van der Waals surface area contributed by atoms with Crippen molar-refractivity contribution < 1.29 is 18.0 Å². The third kappa shape index (κ3) is 3.41. The maximum absolute atomic E-state index is 14.4. The van der Waals surface area contributed by atoms with Crippen molar-refractivity contribution in [2.75, 3.05) is 5.32 Å². The number of carbonyl (C=O) groups excluding carboxylic acids is 1. The Balaban J connectivity index is 1.83. The Morgan fingerprint density at radius 1 is 1.27 bits per heavy atom. The first-order valence-electron chi connectivity index (χ1n) is 7.41. The van der Waals surface area contributed by atoms with Crippen LogP contribution in [0, 0.1) is 12.7 Å². The summed E-state index contributed by atoms with van der Waals surface area (Å²) in [7, 11) is 0. The number of aromatic nitrogens is 3. The Morgan fingerprint density at radius 2 is 2.04 bits per heavy atom. The van der Waals surface area contributed by atoms with Gasteiger partial charge in [0.05, 0.1) is 5.02 Å². The van der Waals surface area contributed by atoms with Gasteiger partial charge in [-0.2, -0.15) is 8.78 Å². The maximum atomic E-state index is 14.4. The standard InChI is InChI=1S/C17H12ClF3N4O/c1-10-9-11(19)4-5-12(10)17(20,21)16(26)23-14-6-8-25(24-14)15-13(18)3-2-7-22-15/h2-9H,1H3,(H,23,24,26). The molecule has 2 aromatic heterocycles. The van der Waals surface area contributed by atoms with Gasteiger partial charge in [0.15, 0.2) is 11.6 Å². The number of alkyl halides is 2. The molecule has 1 N–H and O–H groups in total. The van der Waals surface area contributed by atoms with Gasteiger partial charge in [-0.1, -0.05) is 11.6 Å². The third-order valence-corrected chi connectivity index (χ3v) is 3.89. The van der Waals surface area contributed by atoms with Gasteiger partial charge >= 0.3 is 11.8 Å². The molecule has 0 atom stereocenters. The molecule has 0 bridgehead atoms. The number of nitrogens with zero attached hydrogens (tertiary/aromatic N) is 3. The fourth-order valence-electron chi connectivity index (χ4n) is 2.35. The number of carbonyl (C=O) groups is 1. The molecule has 5 nitrogen and oxygen atoms in total. The average molecular weight is 381 g/mol. The van der Waals surface area contributed by atoms with Gasteiger partial charge in [0.2, 0.25) is 0 Å². The lowest BCUT2D eigenvalue weighted by Gasteiger charge is -2.17. The summed E-state index contributed by atoms with van der Waals surface area (Å²) < 4.78 is 43.2. The number of benzene rings is 1. The first-order chi connectivity index (χ1) is 12.3. The largest absolute Gasteiger partial charge is 0.350 e. The van der Waals surface area contributed by atoms with Crippen molar-refractivity contribution in [2.24, 2.45) is 0 Å². The van der Waals surface area contributed by atoms with Gasteiger partial charge < -0.3 is 5.32 Å². The summed E-state index contributed by atoms with van der Waals surface area (Å²) in [4.78, 5) is 16.1. The van der Waals surface area contributed by atoms with Crippen molar-refractivity contribution in [1.82, 2.24) is 14.8 Å². The van der Waals surface area contributed by atoms with Crippen LogP contribution >= 0.6 is 11.6 Å². The lowest BCUT2D eigenvalue weighted by Crippen LogP contribution is -2.33. The highest BCUT2D eigenvalue weighted by atomic mass is 35.5. The fourth-order valence-corrected chi connectivity index (χ4v) is 2.56. The molecule has 0 aliphatic heterocycles. The van der Waals surface area contributed by atoms with Crippen molar-refractivity contribution in [3.63, 3.8) is 0 Å². The minimum atomic E-state index is -3.86. The second kappa shape index (κ2) is 6.80. The zero-order valence-corrected chi connectivity index (χ0v) is 14.1. The van der Waals surface area contributed by atoms with Crippen LogP contribution in [0.2, 0.25) is 5.02 Å². The van der Waals surface area contributed by atoms with E-state index in [-0.39, 0.29) is 17.2 Å². The van der Waals surface area contributed by atoms with Crippen LogP contribution in [-0.2, 0) is 10.7 Å². The molecule has 0 unspecified atom stereocenters. The summed E-state index contributed by atoms with van der Waals surface area (Å²) in [5.41, 5.74) is -0.612. The molecule has 0 spiro atoms. The maximum Gasteiger partial charge on any atom is 0.350 e. The molecule has 1 aromatic carbocycles. The van der Waals surface area contributed by atoms with Crippen LogP contribution in [0.15, 0.2) is 48.8 Å². The van der Waals surface area contributed by atoms with Crippen LogP contribution in [0.1, 0.15) is 11.1 Å². The van der Waals surface area contributed by atoms with E-state index in [9.17, 15) is 18.0 Å². The van der Waals surface area contributed by atoms with Crippen molar-refractivity contribution in [2.45, 2.75) is 12.8 Å². The van der Waals surface area contributed by atoms with Gasteiger partial charge in [-0.05, 0) is 42.8 Å². The van der Waals surface area contributed by atoms with E-state index >= 15 is 0 Å². The van der Waals surface area contributed by atoms with Crippen LogP contribution < -0.4 is 5.32 Å². The molecule has 2 heterocycles. The topological polar surface area (TPSA) is 59.8 Å². The Bertz CT molecular complexity index is 974. The number of halogens is 4. The SMILES string of the molecule is Cc1cc(F)ccc1C(F)(F)C(=O)Nc1ccn(-c2ncccc2Cl)n1. The highest BCUT2D eigenvalue weighted by molar-refractivity contribution is 6.32. The average Bonchev–Trinajstić information content (AvgIpc) is 3.03. The molecule has 0 fully saturated rings. The summed E-state index contributed by atoms with van der Waals surface area (Å²) in [6, 6.07) is 7.25. The van der Waals surface area contributed by atoms with Gasteiger partial charge in [0.1, 0.15) is 5.82 Å². The molecule has 0 radical (unpaired) electrons. The highest BCUT2D eigenvalue weighted by Crippen LogP contribution is 2.32. The van der Waals surface area contributed by atoms with Gasteiger partial charge in [-0.3, -0.25) is 4.79 Å². The van der Waals surface area contributed by atoms with E-state index in [0.717, 1.165) is 18.2 Å². The smallest absolute Gasteiger partial charge is 0.304 e. The molecule has 0 aliphatic carbocycles. The van der Waals surface area contributed by atoms with Gasteiger partial charge in [-0.25, -0.2) is 14.1 Å². The van der Waals surface area contributed by atoms with Crippen LogP contribution in [-0.4, -0.2) is 20.7 Å². The van der Waals surface area contributed by atoms with Crippen molar-refractivity contribution in [3.05, 3.63) is 70.8 Å². The second-order valence-corrected chi connectivity index (χ2v) is 5.85. The highest BCUT2D eigenvalue weighted by Gasteiger charge is 2.42. The normalized spacial score (nSPS) is 11.4. The quantitative estimate of drug-likeness (QED) is 0.741. The van der Waals surface area contributed by atoms with Gasteiger partial charge in [-0.15, -0.1) is 5.10 Å². The Kier molecular flexibility index (Phi) is 4.69. The second-order valence-electron chi connectivity index (χ2n) is 5.44. The predicted molar refractivity (Wildman–Crippen MR) is 90.0 cm³/mol. The van der Waals surface area contributed by atoms with Crippen LogP contribution in [0.25, 0.3) is 5.82 Å².